The molecule has 0 aromatic rings. The van der Waals surface area contributed by atoms with Crippen LogP contribution in [0.3, 0.4) is 0 Å². The van der Waals surface area contributed by atoms with Crippen LogP contribution in [0.5, 0.6) is 0 Å². The molecule has 5 heteroatoms. The molecule has 4 atom stereocenters. The normalized spacial score (nSPS) is 48.0. The summed E-state index contributed by atoms with van der Waals surface area (Å²) in [4.78, 5) is 0. The fourth-order valence-electron chi connectivity index (χ4n) is 1.71. The SMILES string of the molecule is CC1(C)OC2O[C@H](CO)C(O)C2O1. The standard InChI is InChI=1S/C8H14O5/c1-8(2)12-6-5(10)4(3-9)11-7(6)13-8/h4-7,9-10H,3H2,1-2H3/t4-,5?,6?,7?/m1/s1. The van der Waals surface area contributed by atoms with Crippen molar-refractivity contribution in [2.24, 2.45) is 0 Å². The Morgan fingerprint density at radius 3 is 2.54 bits per heavy atom. The summed E-state index contributed by atoms with van der Waals surface area (Å²) in [5, 5.41) is 18.4. The number of fused-ring (bicyclic) bond motifs is 1. The van der Waals surface area contributed by atoms with Gasteiger partial charge in [-0.3, -0.25) is 0 Å². The molecular weight excluding hydrogens is 176 g/mol. The van der Waals surface area contributed by atoms with Gasteiger partial charge in [0.2, 0.25) is 0 Å². The molecule has 0 aromatic carbocycles. The molecule has 0 amide bonds. The molecule has 0 aliphatic carbocycles. The third-order valence-electron chi connectivity index (χ3n) is 2.29. The molecule has 76 valence electrons. The predicted octanol–water partition coefficient (Wildman–Crippen LogP) is -0.784. The van der Waals surface area contributed by atoms with Gasteiger partial charge in [0.05, 0.1) is 6.61 Å². The van der Waals surface area contributed by atoms with E-state index in [2.05, 4.69) is 0 Å². The lowest BCUT2D eigenvalue weighted by Crippen LogP contribution is -2.36. The van der Waals surface area contributed by atoms with Crippen LogP contribution in [0, 0.1) is 0 Å². The maximum atomic E-state index is 9.60. The molecule has 2 heterocycles. The van der Waals surface area contributed by atoms with E-state index in [1.54, 1.807) is 13.8 Å². The molecule has 0 spiro atoms. The molecule has 0 bridgehead atoms. The van der Waals surface area contributed by atoms with Crippen molar-refractivity contribution in [1.82, 2.24) is 0 Å². The van der Waals surface area contributed by atoms with E-state index in [1.165, 1.54) is 0 Å². The van der Waals surface area contributed by atoms with E-state index in [0.717, 1.165) is 0 Å². The van der Waals surface area contributed by atoms with Crippen LogP contribution in [0.25, 0.3) is 0 Å². The van der Waals surface area contributed by atoms with E-state index >= 15 is 0 Å². The molecule has 2 fully saturated rings. The highest BCUT2D eigenvalue weighted by molar-refractivity contribution is 4.92. The minimum absolute atomic E-state index is 0.221. The van der Waals surface area contributed by atoms with E-state index < -0.39 is 30.4 Å². The second-order valence-electron chi connectivity index (χ2n) is 3.82. The van der Waals surface area contributed by atoms with Crippen LogP contribution in [0.4, 0.5) is 0 Å². The van der Waals surface area contributed by atoms with Gasteiger partial charge in [0.25, 0.3) is 0 Å². The quantitative estimate of drug-likeness (QED) is 0.567. The molecular formula is C8H14O5. The monoisotopic (exact) mass is 190 g/mol. The maximum Gasteiger partial charge on any atom is 0.190 e. The molecule has 2 aliphatic heterocycles. The van der Waals surface area contributed by atoms with Gasteiger partial charge in [0, 0.05) is 0 Å². The molecule has 2 saturated heterocycles. The molecule has 13 heavy (non-hydrogen) atoms. The molecule has 2 N–H and O–H groups in total. The third kappa shape index (κ3) is 1.47. The Morgan fingerprint density at radius 2 is 2.00 bits per heavy atom. The summed E-state index contributed by atoms with van der Waals surface area (Å²) in [6.07, 6.45) is -2.43. The largest absolute Gasteiger partial charge is 0.394 e. The van der Waals surface area contributed by atoms with Crippen LogP contribution < -0.4 is 0 Å². The van der Waals surface area contributed by atoms with Crippen molar-refractivity contribution < 1.29 is 24.4 Å². The summed E-state index contributed by atoms with van der Waals surface area (Å²) in [7, 11) is 0. The minimum atomic E-state index is -0.809. The third-order valence-corrected chi connectivity index (χ3v) is 2.29. The van der Waals surface area contributed by atoms with E-state index in [0.29, 0.717) is 0 Å². The first-order chi connectivity index (χ1) is 6.03. The van der Waals surface area contributed by atoms with E-state index in [-0.39, 0.29) is 6.61 Å². The lowest BCUT2D eigenvalue weighted by Gasteiger charge is -2.21. The van der Waals surface area contributed by atoms with E-state index in [9.17, 15) is 5.11 Å². The van der Waals surface area contributed by atoms with Crippen molar-refractivity contribution in [2.75, 3.05) is 6.61 Å². The summed E-state index contributed by atoms with van der Waals surface area (Å²) in [5.74, 6) is -0.712. The Bertz CT molecular complexity index is 205. The topological polar surface area (TPSA) is 68.2 Å². The minimum Gasteiger partial charge on any atom is -0.394 e. The number of ether oxygens (including phenoxy) is 3. The van der Waals surface area contributed by atoms with Crippen LogP contribution in [0.1, 0.15) is 13.8 Å². The van der Waals surface area contributed by atoms with Crippen LogP contribution in [-0.2, 0) is 14.2 Å². The molecule has 3 unspecified atom stereocenters. The second kappa shape index (κ2) is 2.90. The van der Waals surface area contributed by atoms with Crippen molar-refractivity contribution >= 4 is 0 Å². The van der Waals surface area contributed by atoms with Crippen LogP contribution in [0.15, 0.2) is 0 Å². The van der Waals surface area contributed by atoms with E-state index in [1.807, 2.05) is 0 Å². The Balaban J connectivity index is 2.07. The van der Waals surface area contributed by atoms with Crippen molar-refractivity contribution in [3.8, 4) is 0 Å². The van der Waals surface area contributed by atoms with Gasteiger partial charge in [-0.05, 0) is 13.8 Å². The van der Waals surface area contributed by atoms with Gasteiger partial charge < -0.3 is 24.4 Å². The Morgan fingerprint density at radius 1 is 1.31 bits per heavy atom. The average molecular weight is 190 g/mol. The zero-order chi connectivity index (χ0) is 9.64. The average Bonchev–Trinajstić information content (AvgIpc) is 2.47. The van der Waals surface area contributed by atoms with Crippen molar-refractivity contribution in [3.05, 3.63) is 0 Å². The van der Waals surface area contributed by atoms with Gasteiger partial charge in [-0.2, -0.15) is 0 Å². The summed E-state index contributed by atoms with van der Waals surface area (Å²) in [6, 6.07) is 0. The van der Waals surface area contributed by atoms with Crippen LogP contribution in [-0.4, -0.2) is 47.2 Å². The lowest BCUT2D eigenvalue weighted by atomic mass is 10.1. The number of aliphatic hydroxyl groups is 2. The molecule has 0 radical (unpaired) electrons. The molecule has 2 aliphatic rings. The zero-order valence-corrected chi connectivity index (χ0v) is 7.64. The second-order valence-corrected chi connectivity index (χ2v) is 3.82. The molecule has 0 saturated carbocycles. The lowest BCUT2D eigenvalue weighted by molar-refractivity contribution is -0.218. The molecule has 0 aromatic heterocycles. The molecule has 5 nitrogen and oxygen atoms in total. The van der Waals surface area contributed by atoms with Gasteiger partial charge in [-0.1, -0.05) is 0 Å². The number of rotatable bonds is 1. The van der Waals surface area contributed by atoms with Crippen molar-refractivity contribution in [2.45, 2.75) is 44.2 Å². The Hall–Kier alpha value is -0.200. The van der Waals surface area contributed by atoms with Crippen LogP contribution >= 0.6 is 0 Å². The first kappa shape index (κ1) is 9.36. The van der Waals surface area contributed by atoms with Crippen molar-refractivity contribution in [1.29, 1.82) is 0 Å². The highest BCUT2D eigenvalue weighted by atomic mass is 16.8. The molecule has 2 rings (SSSR count). The van der Waals surface area contributed by atoms with Gasteiger partial charge in [0.1, 0.15) is 18.3 Å². The Kier molecular flexibility index (Phi) is 2.08. The summed E-state index contributed by atoms with van der Waals surface area (Å²) < 4.78 is 16.0. The fraction of sp³-hybridized carbons (Fsp3) is 1.00. The summed E-state index contributed by atoms with van der Waals surface area (Å²) in [6.45, 7) is 3.30. The first-order valence-corrected chi connectivity index (χ1v) is 4.33. The fourth-order valence-corrected chi connectivity index (χ4v) is 1.71. The number of aliphatic hydroxyl groups excluding tert-OH is 2. The highest BCUT2D eigenvalue weighted by Crippen LogP contribution is 2.36. The number of hydrogen-bond donors (Lipinski definition) is 2. The number of hydrogen-bond acceptors (Lipinski definition) is 5. The van der Waals surface area contributed by atoms with Gasteiger partial charge >= 0.3 is 0 Å². The van der Waals surface area contributed by atoms with E-state index in [4.69, 9.17) is 19.3 Å². The van der Waals surface area contributed by atoms with Gasteiger partial charge in [-0.15, -0.1) is 0 Å². The summed E-state index contributed by atoms with van der Waals surface area (Å²) in [5.41, 5.74) is 0. The summed E-state index contributed by atoms with van der Waals surface area (Å²) >= 11 is 0. The maximum absolute atomic E-state index is 9.60. The van der Waals surface area contributed by atoms with Crippen molar-refractivity contribution in [3.63, 3.8) is 0 Å². The van der Waals surface area contributed by atoms with Gasteiger partial charge in [-0.25, -0.2) is 0 Å². The highest BCUT2D eigenvalue weighted by Gasteiger charge is 2.53. The predicted molar refractivity (Wildman–Crippen MR) is 41.8 cm³/mol. The zero-order valence-electron chi connectivity index (χ0n) is 7.64. The first-order valence-electron chi connectivity index (χ1n) is 4.33. The smallest absolute Gasteiger partial charge is 0.190 e. The van der Waals surface area contributed by atoms with Gasteiger partial charge in [0.15, 0.2) is 12.1 Å². The van der Waals surface area contributed by atoms with Crippen LogP contribution in [0.2, 0.25) is 0 Å². The Labute approximate surface area is 76.2 Å².